The minimum atomic E-state index is -1.22. The van der Waals surface area contributed by atoms with Gasteiger partial charge in [-0.1, -0.05) is 43.8 Å². The van der Waals surface area contributed by atoms with Crippen molar-refractivity contribution in [1.29, 1.82) is 0 Å². The van der Waals surface area contributed by atoms with Crippen molar-refractivity contribution in [2.75, 3.05) is 49.9 Å². The lowest BCUT2D eigenvalue weighted by Crippen LogP contribution is -2.40. The quantitative estimate of drug-likeness (QED) is 0.109. The van der Waals surface area contributed by atoms with Gasteiger partial charge in [0, 0.05) is 44.9 Å². The minimum Gasteiger partial charge on any atom is -0.378 e. The maximum Gasteiger partial charge on any atom is 0.254 e. The van der Waals surface area contributed by atoms with E-state index in [1.807, 2.05) is 52.3 Å². The summed E-state index contributed by atoms with van der Waals surface area (Å²) in [5, 5.41) is 14.5. The van der Waals surface area contributed by atoms with Crippen LogP contribution in [0.3, 0.4) is 0 Å². The fraction of sp³-hybridized carbons (Fsp3) is 0.469. The first-order chi connectivity index (χ1) is 21.3. The number of nitrogens with one attached hydrogen (secondary N) is 1. The minimum absolute atomic E-state index is 0.0313. The van der Waals surface area contributed by atoms with Crippen molar-refractivity contribution in [2.24, 2.45) is 0 Å². The third kappa shape index (κ3) is 7.60. The highest BCUT2D eigenvalue weighted by Gasteiger charge is 2.24. The molecule has 3 aromatic heterocycles. The number of hydrogen-bond donors (Lipinski definition) is 1. The summed E-state index contributed by atoms with van der Waals surface area (Å²) in [4.78, 5) is 26.3. The highest BCUT2D eigenvalue weighted by molar-refractivity contribution is 7.15. The smallest absolute Gasteiger partial charge is 0.254 e. The van der Waals surface area contributed by atoms with Crippen molar-refractivity contribution in [3.8, 4) is 0 Å². The molecule has 0 unspecified atom stereocenters. The number of fused-ring (bicyclic) bond motifs is 1. The van der Waals surface area contributed by atoms with Gasteiger partial charge in [0.15, 0.2) is 0 Å². The van der Waals surface area contributed by atoms with E-state index >= 15 is 0 Å². The number of hydrogen-bond acceptors (Lipinski definition) is 10. The molecule has 2 fully saturated rings. The maximum atomic E-state index is 12.8. The molecule has 1 saturated carbocycles. The molecule has 4 aromatic rings. The summed E-state index contributed by atoms with van der Waals surface area (Å²) in [5.74, 6) is 1.29. The molecule has 10 nitrogen and oxygen atoms in total. The van der Waals surface area contributed by atoms with Crippen LogP contribution in [0.1, 0.15) is 47.0 Å². The first kappa shape index (κ1) is 30.6. The van der Waals surface area contributed by atoms with Gasteiger partial charge in [-0.2, -0.15) is 0 Å². The zero-order chi connectivity index (χ0) is 30.5. The van der Waals surface area contributed by atoms with E-state index in [9.17, 15) is 4.79 Å². The highest BCUT2D eigenvalue weighted by atomic mass is 32.1. The zero-order valence-corrected chi connectivity index (χ0v) is 27.6. The summed E-state index contributed by atoms with van der Waals surface area (Å²) in [7, 11) is -1.22. The molecular weight excluding hydrogens is 591 g/mol. The third-order valence-corrected chi connectivity index (χ3v) is 10.9. The van der Waals surface area contributed by atoms with E-state index in [0.29, 0.717) is 51.1 Å². The Kier molecular flexibility index (Phi) is 9.50. The van der Waals surface area contributed by atoms with Crippen LogP contribution in [0.15, 0.2) is 48.7 Å². The van der Waals surface area contributed by atoms with Gasteiger partial charge in [0.1, 0.15) is 17.6 Å². The lowest BCUT2D eigenvalue weighted by molar-refractivity contribution is 0.0303. The van der Waals surface area contributed by atoms with Crippen LogP contribution in [0.2, 0.25) is 25.7 Å². The molecule has 4 heterocycles. The standard InChI is InChI=1S/C32H41N7O3SSi/c1-44(2,3)19-18-42-22-39(32-37-36-30(43-32)23-6-4-5-7-23)29-13-12-27-28(35-29)20-26(21-33-27)34-25-10-8-24(9-11-25)31(40)38-14-16-41-17-15-38/h8-13,20-21,23,34H,4-7,14-19,22H2,1-3H3. The molecule has 232 valence electrons. The van der Waals surface area contributed by atoms with Gasteiger partial charge >= 0.3 is 0 Å². The van der Waals surface area contributed by atoms with E-state index in [-0.39, 0.29) is 5.91 Å². The fourth-order valence-electron chi connectivity index (χ4n) is 5.45. The molecule has 44 heavy (non-hydrogen) atoms. The van der Waals surface area contributed by atoms with Gasteiger partial charge in [-0.05, 0) is 61.4 Å². The fourth-order valence-corrected chi connectivity index (χ4v) is 7.22. The number of amides is 1. The average molecular weight is 632 g/mol. The van der Waals surface area contributed by atoms with Crippen molar-refractivity contribution < 1.29 is 14.3 Å². The molecule has 1 amide bonds. The molecule has 1 N–H and O–H groups in total. The molecule has 0 atom stereocenters. The van der Waals surface area contributed by atoms with Gasteiger partial charge in [0.05, 0.1) is 36.1 Å². The zero-order valence-electron chi connectivity index (χ0n) is 25.8. The Morgan fingerprint density at radius 3 is 2.57 bits per heavy atom. The Labute approximate surface area is 263 Å². The van der Waals surface area contributed by atoms with Gasteiger partial charge in [-0.15, -0.1) is 10.2 Å². The predicted octanol–water partition coefficient (Wildman–Crippen LogP) is 6.81. The molecule has 12 heteroatoms. The number of carbonyl (C=O) groups excluding carboxylic acids is 1. The van der Waals surface area contributed by atoms with Crippen LogP contribution in [-0.4, -0.2) is 78.7 Å². The molecule has 1 saturated heterocycles. The van der Waals surface area contributed by atoms with Crippen LogP contribution in [0.4, 0.5) is 22.3 Å². The molecule has 6 rings (SSSR count). The van der Waals surface area contributed by atoms with E-state index in [1.54, 1.807) is 17.5 Å². The Morgan fingerprint density at radius 2 is 1.82 bits per heavy atom. The van der Waals surface area contributed by atoms with Crippen LogP contribution in [-0.2, 0) is 9.47 Å². The lowest BCUT2D eigenvalue weighted by Gasteiger charge is -2.26. The van der Waals surface area contributed by atoms with E-state index in [2.05, 4.69) is 40.1 Å². The molecule has 2 aliphatic rings. The van der Waals surface area contributed by atoms with E-state index in [1.165, 1.54) is 25.7 Å². The van der Waals surface area contributed by atoms with E-state index in [0.717, 1.165) is 44.4 Å². The molecule has 0 spiro atoms. The highest BCUT2D eigenvalue weighted by Crippen LogP contribution is 2.38. The second kappa shape index (κ2) is 13.7. The summed E-state index contributed by atoms with van der Waals surface area (Å²) < 4.78 is 11.6. The monoisotopic (exact) mass is 631 g/mol. The SMILES string of the molecule is C[Si](C)(C)CCOCN(c1ccc2ncc(Nc3ccc(C(=O)N4CCOCC4)cc3)cc2n1)c1nnc(C2CCCC2)s1. The number of nitrogens with zero attached hydrogens (tertiary/aromatic N) is 6. The lowest BCUT2D eigenvalue weighted by atomic mass is 10.1. The molecule has 1 aliphatic carbocycles. The van der Waals surface area contributed by atoms with Gasteiger partial charge in [0.25, 0.3) is 5.91 Å². The van der Waals surface area contributed by atoms with Crippen LogP contribution >= 0.6 is 11.3 Å². The Morgan fingerprint density at radius 1 is 1.05 bits per heavy atom. The van der Waals surface area contributed by atoms with Gasteiger partial charge < -0.3 is 19.7 Å². The Balaban J connectivity index is 1.20. The third-order valence-electron chi connectivity index (χ3n) is 8.10. The summed E-state index contributed by atoms with van der Waals surface area (Å²) in [5.41, 5.74) is 3.91. The normalized spacial score (nSPS) is 16.0. The summed E-state index contributed by atoms with van der Waals surface area (Å²) in [6.07, 6.45) is 6.69. The average Bonchev–Trinajstić information content (AvgIpc) is 3.74. The first-order valence-corrected chi connectivity index (χ1v) is 20.0. The molecule has 0 radical (unpaired) electrons. The number of ether oxygens (including phenoxy) is 2. The molecule has 0 bridgehead atoms. The Hall–Kier alpha value is -3.45. The molecule has 1 aromatic carbocycles. The summed E-state index contributed by atoms with van der Waals surface area (Å²) in [6, 6.07) is 14.6. The number of morpholine rings is 1. The first-order valence-electron chi connectivity index (χ1n) is 15.5. The number of aromatic nitrogens is 4. The summed E-state index contributed by atoms with van der Waals surface area (Å²) in [6.45, 7) is 10.6. The topological polar surface area (TPSA) is 106 Å². The van der Waals surface area contributed by atoms with E-state index in [4.69, 9.17) is 14.5 Å². The van der Waals surface area contributed by atoms with Gasteiger partial charge in [-0.3, -0.25) is 14.7 Å². The van der Waals surface area contributed by atoms with Crippen molar-refractivity contribution in [2.45, 2.75) is 57.3 Å². The number of rotatable bonds is 11. The molecular formula is C32H41N7O3SSi. The van der Waals surface area contributed by atoms with Crippen molar-refractivity contribution in [1.82, 2.24) is 25.1 Å². The number of benzene rings is 1. The van der Waals surface area contributed by atoms with E-state index < -0.39 is 8.07 Å². The number of pyridine rings is 2. The largest absolute Gasteiger partial charge is 0.378 e. The number of anilines is 4. The van der Waals surface area contributed by atoms with Crippen LogP contribution in [0, 0.1) is 0 Å². The second-order valence-corrected chi connectivity index (χ2v) is 19.3. The van der Waals surface area contributed by atoms with Crippen molar-refractivity contribution >= 4 is 58.7 Å². The second-order valence-electron chi connectivity index (χ2n) is 12.7. The summed E-state index contributed by atoms with van der Waals surface area (Å²) >= 11 is 1.65. The van der Waals surface area contributed by atoms with Crippen LogP contribution in [0.5, 0.6) is 0 Å². The molecule has 1 aliphatic heterocycles. The van der Waals surface area contributed by atoms with Gasteiger partial charge in [0.2, 0.25) is 5.13 Å². The van der Waals surface area contributed by atoms with Crippen LogP contribution < -0.4 is 10.2 Å². The maximum absolute atomic E-state index is 12.8. The Bertz CT molecular complexity index is 1560. The predicted molar refractivity (Wildman–Crippen MR) is 178 cm³/mol. The van der Waals surface area contributed by atoms with Crippen molar-refractivity contribution in [3.63, 3.8) is 0 Å². The van der Waals surface area contributed by atoms with Gasteiger partial charge in [-0.25, -0.2) is 4.98 Å². The van der Waals surface area contributed by atoms with Crippen LogP contribution in [0.25, 0.3) is 11.0 Å². The number of carbonyl (C=O) groups is 1. The van der Waals surface area contributed by atoms with Crippen molar-refractivity contribution in [3.05, 3.63) is 59.2 Å².